The van der Waals surface area contributed by atoms with E-state index in [4.69, 9.17) is 4.99 Å². The van der Waals surface area contributed by atoms with Crippen molar-refractivity contribution in [3.05, 3.63) is 18.7 Å². The third kappa shape index (κ3) is 4.75. The first-order chi connectivity index (χ1) is 10.7. The molecule has 2 rings (SSSR count). The summed E-state index contributed by atoms with van der Waals surface area (Å²) in [6.45, 7) is 9.50. The number of imidazole rings is 1. The molecule has 1 aliphatic heterocycles. The Morgan fingerprint density at radius 3 is 2.59 bits per heavy atom. The van der Waals surface area contributed by atoms with Crippen molar-refractivity contribution in [2.45, 2.75) is 26.8 Å². The average molecular weight is 306 g/mol. The maximum atomic E-state index is 11.4. The second-order valence-corrected chi connectivity index (χ2v) is 5.38. The van der Waals surface area contributed by atoms with Gasteiger partial charge in [0.15, 0.2) is 5.96 Å². The molecule has 1 aliphatic rings. The maximum Gasteiger partial charge on any atom is 0.219 e. The minimum absolute atomic E-state index is 0.155. The lowest BCUT2D eigenvalue weighted by atomic mass is 10.3. The van der Waals surface area contributed by atoms with Gasteiger partial charge in [-0.05, 0) is 13.3 Å². The number of nitrogens with zero attached hydrogens (tertiary/aromatic N) is 5. The van der Waals surface area contributed by atoms with E-state index in [-0.39, 0.29) is 5.91 Å². The molecule has 0 unspecified atom stereocenters. The number of carbonyl (C=O) groups excluding carboxylic acids is 1. The SMILES string of the molecule is CCNC(=NCCCn1ccnc1)N1CCN(C(C)=O)CC1. The van der Waals surface area contributed by atoms with Crippen molar-refractivity contribution >= 4 is 11.9 Å². The Bertz CT molecular complexity index is 476. The molecule has 1 N–H and O–H groups in total. The number of carbonyl (C=O) groups is 1. The van der Waals surface area contributed by atoms with Crippen LogP contribution in [0.1, 0.15) is 20.3 Å². The monoisotopic (exact) mass is 306 g/mol. The number of rotatable bonds is 5. The van der Waals surface area contributed by atoms with Gasteiger partial charge in [-0.1, -0.05) is 0 Å². The number of aromatic nitrogens is 2. The molecule has 1 amide bonds. The van der Waals surface area contributed by atoms with E-state index < -0.39 is 0 Å². The fraction of sp³-hybridized carbons (Fsp3) is 0.667. The predicted molar refractivity (Wildman–Crippen MR) is 86.6 cm³/mol. The van der Waals surface area contributed by atoms with E-state index in [1.54, 1.807) is 13.1 Å². The van der Waals surface area contributed by atoms with Crippen LogP contribution < -0.4 is 5.32 Å². The molecule has 7 heteroatoms. The van der Waals surface area contributed by atoms with Gasteiger partial charge in [0, 0.05) is 65.1 Å². The van der Waals surface area contributed by atoms with E-state index in [2.05, 4.69) is 26.7 Å². The second-order valence-electron chi connectivity index (χ2n) is 5.38. The zero-order valence-corrected chi connectivity index (χ0v) is 13.5. The van der Waals surface area contributed by atoms with Gasteiger partial charge >= 0.3 is 0 Å². The molecule has 1 fully saturated rings. The van der Waals surface area contributed by atoms with Crippen LogP contribution in [-0.2, 0) is 11.3 Å². The number of piperazine rings is 1. The Morgan fingerprint density at radius 1 is 1.27 bits per heavy atom. The molecule has 0 aliphatic carbocycles. The van der Waals surface area contributed by atoms with Crippen LogP contribution >= 0.6 is 0 Å². The summed E-state index contributed by atoms with van der Waals surface area (Å²) in [7, 11) is 0. The van der Waals surface area contributed by atoms with Gasteiger partial charge in [0.2, 0.25) is 5.91 Å². The lowest BCUT2D eigenvalue weighted by Crippen LogP contribution is -2.53. The van der Waals surface area contributed by atoms with Gasteiger partial charge in [-0.15, -0.1) is 0 Å². The minimum atomic E-state index is 0.155. The van der Waals surface area contributed by atoms with Crippen LogP contribution in [0.4, 0.5) is 0 Å². The molecule has 0 spiro atoms. The molecular weight excluding hydrogens is 280 g/mol. The van der Waals surface area contributed by atoms with Crippen molar-refractivity contribution in [2.24, 2.45) is 4.99 Å². The smallest absolute Gasteiger partial charge is 0.219 e. The van der Waals surface area contributed by atoms with Gasteiger partial charge < -0.3 is 19.7 Å². The molecule has 122 valence electrons. The van der Waals surface area contributed by atoms with Gasteiger partial charge in [-0.3, -0.25) is 9.79 Å². The quantitative estimate of drug-likeness (QED) is 0.486. The third-order valence-corrected chi connectivity index (χ3v) is 3.75. The second kappa shape index (κ2) is 8.41. The number of nitrogens with one attached hydrogen (secondary N) is 1. The molecule has 1 aromatic rings. The largest absolute Gasteiger partial charge is 0.357 e. The van der Waals surface area contributed by atoms with E-state index >= 15 is 0 Å². The molecule has 7 nitrogen and oxygen atoms in total. The summed E-state index contributed by atoms with van der Waals surface area (Å²) in [6, 6.07) is 0. The van der Waals surface area contributed by atoms with E-state index in [1.165, 1.54) is 0 Å². The van der Waals surface area contributed by atoms with Gasteiger partial charge in [0.05, 0.1) is 6.33 Å². The van der Waals surface area contributed by atoms with Gasteiger partial charge in [0.25, 0.3) is 0 Å². The van der Waals surface area contributed by atoms with Crippen LogP contribution in [0.15, 0.2) is 23.7 Å². The molecule has 1 aromatic heterocycles. The summed E-state index contributed by atoms with van der Waals surface area (Å²) in [4.78, 5) is 24.2. The predicted octanol–water partition coefficient (Wildman–Crippen LogP) is 0.403. The number of guanidine groups is 1. The summed E-state index contributed by atoms with van der Waals surface area (Å²) in [5, 5.41) is 3.34. The fourth-order valence-corrected chi connectivity index (χ4v) is 2.52. The highest BCUT2D eigenvalue weighted by Gasteiger charge is 2.20. The lowest BCUT2D eigenvalue weighted by Gasteiger charge is -2.36. The maximum absolute atomic E-state index is 11.4. The Morgan fingerprint density at radius 2 is 2.00 bits per heavy atom. The summed E-state index contributed by atoms with van der Waals surface area (Å²) in [5.74, 6) is 1.11. The van der Waals surface area contributed by atoms with Crippen LogP contribution in [0.3, 0.4) is 0 Å². The molecule has 0 radical (unpaired) electrons. The van der Waals surface area contributed by atoms with Crippen molar-refractivity contribution < 1.29 is 4.79 Å². The molecule has 0 bridgehead atoms. The standard InChI is InChI=1S/C15H26N6O/c1-3-17-15(18-5-4-7-19-8-6-16-13-19)21-11-9-20(10-12-21)14(2)22/h6,8,13H,3-5,7,9-12H2,1-2H3,(H,17,18). The molecule has 0 atom stereocenters. The van der Waals surface area contributed by atoms with E-state index in [0.717, 1.165) is 58.2 Å². The van der Waals surface area contributed by atoms with Crippen LogP contribution in [-0.4, -0.2) is 70.5 Å². The fourth-order valence-electron chi connectivity index (χ4n) is 2.52. The van der Waals surface area contributed by atoms with Crippen LogP contribution in [0, 0.1) is 0 Å². The number of hydrogen-bond donors (Lipinski definition) is 1. The van der Waals surface area contributed by atoms with Gasteiger partial charge in [0.1, 0.15) is 0 Å². The molecule has 0 saturated carbocycles. The molecule has 2 heterocycles. The highest BCUT2D eigenvalue weighted by atomic mass is 16.2. The van der Waals surface area contributed by atoms with Crippen molar-refractivity contribution in [1.29, 1.82) is 0 Å². The zero-order valence-electron chi connectivity index (χ0n) is 13.5. The Labute approximate surface area is 132 Å². The number of aliphatic imine (C=N–C) groups is 1. The third-order valence-electron chi connectivity index (χ3n) is 3.75. The van der Waals surface area contributed by atoms with Gasteiger partial charge in [-0.2, -0.15) is 0 Å². The highest BCUT2D eigenvalue weighted by Crippen LogP contribution is 2.03. The summed E-state index contributed by atoms with van der Waals surface area (Å²) >= 11 is 0. The average Bonchev–Trinajstić information content (AvgIpc) is 3.04. The first kappa shape index (κ1) is 16.3. The lowest BCUT2D eigenvalue weighted by molar-refractivity contribution is -0.130. The summed E-state index contributed by atoms with van der Waals surface area (Å²) in [5.41, 5.74) is 0. The van der Waals surface area contributed by atoms with Crippen LogP contribution in [0.5, 0.6) is 0 Å². The summed E-state index contributed by atoms with van der Waals surface area (Å²) in [6.07, 6.45) is 6.58. The topological polar surface area (TPSA) is 65.8 Å². The van der Waals surface area contributed by atoms with Crippen molar-refractivity contribution in [3.8, 4) is 0 Å². The van der Waals surface area contributed by atoms with Gasteiger partial charge in [-0.25, -0.2) is 4.98 Å². The van der Waals surface area contributed by atoms with Crippen LogP contribution in [0.2, 0.25) is 0 Å². The molecule has 0 aromatic carbocycles. The summed E-state index contributed by atoms with van der Waals surface area (Å²) < 4.78 is 2.06. The minimum Gasteiger partial charge on any atom is -0.357 e. The Hall–Kier alpha value is -2.05. The van der Waals surface area contributed by atoms with Crippen molar-refractivity contribution in [3.63, 3.8) is 0 Å². The highest BCUT2D eigenvalue weighted by molar-refractivity contribution is 5.80. The first-order valence-corrected chi connectivity index (χ1v) is 7.95. The number of hydrogen-bond acceptors (Lipinski definition) is 3. The Kier molecular flexibility index (Phi) is 6.24. The number of amides is 1. The molecule has 1 saturated heterocycles. The van der Waals surface area contributed by atoms with E-state index in [1.807, 2.05) is 17.4 Å². The van der Waals surface area contributed by atoms with E-state index in [9.17, 15) is 4.79 Å². The van der Waals surface area contributed by atoms with Crippen LogP contribution in [0.25, 0.3) is 0 Å². The zero-order chi connectivity index (χ0) is 15.8. The molecular formula is C15H26N6O. The molecule has 22 heavy (non-hydrogen) atoms. The normalized spacial score (nSPS) is 16.0. The number of aryl methyl sites for hydroxylation is 1. The van der Waals surface area contributed by atoms with Crippen molar-refractivity contribution in [2.75, 3.05) is 39.3 Å². The first-order valence-electron chi connectivity index (χ1n) is 7.95. The Balaban J connectivity index is 1.81. The van der Waals surface area contributed by atoms with E-state index in [0.29, 0.717) is 0 Å². The van der Waals surface area contributed by atoms with Crippen molar-refractivity contribution in [1.82, 2.24) is 24.7 Å².